The van der Waals surface area contributed by atoms with Gasteiger partial charge in [-0.15, -0.1) is 0 Å². The first kappa shape index (κ1) is 14.0. The van der Waals surface area contributed by atoms with Crippen molar-refractivity contribution in [2.75, 3.05) is 6.54 Å². The molecule has 0 unspecified atom stereocenters. The summed E-state index contributed by atoms with van der Waals surface area (Å²) >= 11 is 3.35. The summed E-state index contributed by atoms with van der Waals surface area (Å²) in [7, 11) is 0. The molecule has 2 N–H and O–H groups in total. The van der Waals surface area contributed by atoms with Gasteiger partial charge in [0.2, 0.25) is 0 Å². The number of rotatable bonds is 4. The lowest BCUT2D eigenvalue weighted by atomic mass is 10.1. The summed E-state index contributed by atoms with van der Waals surface area (Å²) in [5.74, 6) is 0.843. The Morgan fingerprint density at radius 3 is 2.68 bits per heavy atom. The van der Waals surface area contributed by atoms with Crippen LogP contribution in [0.25, 0.3) is 0 Å². The zero-order valence-corrected chi connectivity index (χ0v) is 12.2. The first-order chi connectivity index (χ1) is 9.10. The van der Waals surface area contributed by atoms with Crippen LogP contribution in [0, 0.1) is 12.7 Å². The summed E-state index contributed by atoms with van der Waals surface area (Å²) in [4.78, 5) is 0. The Hall–Kier alpha value is -1.39. The maximum Gasteiger partial charge on any atom is 0.144 e. The van der Waals surface area contributed by atoms with Crippen molar-refractivity contribution in [1.29, 1.82) is 0 Å². The topological polar surface area (TPSA) is 35.2 Å². The number of nitrogens with two attached hydrogens (primary N) is 1. The molecule has 0 spiro atoms. The van der Waals surface area contributed by atoms with E-state index < -0.39 is 0 Å². The normalized spacial score (nSPS) is 10.5. The van der Waals surface area contributed by atoms with Crippen molar-refractivity contribution in [2.45, 2.75) is 13.3 Å². The van der Waals surface area contributed by atoms with Crippen LogP contribution in [-0.4, -0.2) is 6.54 Å². The van der Waals surface area contributed by atoms with Gasteiger partial charge in [0.05, 0.1) is 4.47 Å². The maximum absolute atomic E-state index is 13.2. The van der Waals surface area contributed by atoms with E-state index in [2.05, 4.69) is 15.9 Å². The van der Waals surface area contributed by atoms with Crippen LogP contribution in [0.15, 0.2) is 40.9 Å². The molecule has 0 aliphatic rings. The van der Waals surface area contributed by atoms with Crippen LogP contribution in [0.1, 0.15) is 11.1 Å². The van der Waals surface area contributed by atoms with E-state index in [1.54, 1.807) is 6.07 Å². The van der Waals surface area contributed by atoms with Gasteiger partial charge in [-0.2, -0.15) is 0 Å². The Labute approximate surface area is 120 Å². The summed E-state index contributed by atoms with van der Waals surface area (Å²) in [5.41, 5.74) is 7.78. The summed E-state index contributed by atoms with van der Waals surface area (Å²) in [6.45, 7) is 2.56. The van der Waals surface area contributed by atoms with E-state index in [9.17, 15) is 4.39 Å². The lowest BCUT2D eigenvalue weighted by molar-refractivity contribution is 0.467. The third kappa shape index (κ3) is 3.55. The van der Waals surface area contributed by atoms with E-state index in [1.165, 1.54) is 12.1 Å². The monoisotopic (exact) mass is 323 g/mol. The van der Waals surface area contributed by atoms with E-state index in [1.807, 2.05) is 25.1 Å². The Morgan fingerprint density at radius 2 is 1.95 bits per heavy atom. The molecule has 0 heterocycles. The molecule has 0 bridgehead atoms. The minimum atomic E-state index is -0.328. The Bertz CT molecular complexity index is 586. The summed E-state index contributed by atoms with van der Waals surface area (Å²) in [6.07, 6.45) is 0.726. The van der Waals surface area contributed by atoms with Crippen molar-refractivity contribution in [1.82, 2.24) is 0 Å². The first-order valence-corrected chi connectivity index (χ1v) is 6.82. The molecular weight excluding hydrogens is 309 g/mol. The van der Waals surface area contributed by atoms with Crippen LogP contribution in [-0.2, 0) is 6.42 Å². The molecule has 2 aromatic rings. The fourth-order valence-corrected chi connectivity index (χ4v) is 2.16. The van der Waals surface area contributed by atoms with Crippen LogP contribution >= 0.6 is 15.9 Å². The molecule has 0 aliphatic heterocycles. The molecule has 2 nitrogen and oxygen atoms in total. The van der Waals surface area contributed by atoms with Crippen molar-refractivity contribution in [3.05, 3.63) is 57.8 Å². The highest BCUT2D eigenvalue weighted by molar-refractivity contribution is 9.10. The number of hydrogen-bond donors (Lipinski definition) is 1. The van der Waals surface area contributed by atoms with Crippen LogP contribution in [0.2, 0.25) is 0 Å². The van der Waals surface area contributed by atoms with Gasteiger partial charge in [-0.05, 0) is 59.6 Å². The minimum Gasteiger partial charge on any atom is -0.456 e. The SMILES string of the molecule is Cc1ccc(Oc2cc(F)ccc2Br)c(CCN)c1. The number of aryl methyl sites for hydroxylation is 1. The van der Waals surface area contributed by atoms with Gasteiger partial charge >= 0.3 is 0 Å². The summed E-state index contributed by atoms with van der Waals surface area (Å²) in [6, 6.07) is 10.3. The standard InChI is InChI=1S/C15H15BrFNO/c1-10-2-5-14(11(8-10)6-7-18)19-15-9-12(17)3-4-13(15)16/h2-5,8-9H,6-7,18H2,1H3. The fraction of sp³-hybridized carbons (Fsp3) is 0.200. The van der Waals surface area contributed by atoms with Gasteiger partial charge in [-0.3, -0.25) is 0 Å². The van der Waals surface area contributed by atoms with Crippen molar-refractivity contribution in [2.24, 2.45) is 5.73 Å². The third-order valence-corrected chi connectivity index (χ3v) is 3.40. The molecule has 0 aliphatic carbocycles. The summed E-state index contributed by atoms with van der Waals surface area (Å²) in [5, 5.41) is 0. The van der Waals surface area contributed by atoms with Crippen molar-refractivity contribution in [3.8, 4) is 11.5 Å². The minimum absolute atomic E-state index is 0.328. The van der Waals surface area contributed by atoms with Crippen LogP contribution in [0.5, 0.6) is 11.5 Å². The molecule has 2 aromatic carbocycles. The predicted octanol–water partition coefficient (Wildman–Crippen LogP) is 4.19. The number of ether oxygens (including phenoxy) is 1. The fourth-order valence-electron chi connectivity index (χ4n) is 1.83. The number of hydrogen-bond acceptors (Lipinski definition) is 2. The Balaban J connectivity index is 2.34. The zero-order chi connectivity index (χ0) is 13.8. The Morgan fingerprint density at radius 1 is 1.16 bits per heavy atom. The molecule has 100 valence electrons. The lowest BCUT2D eigenvalue weighted by Gasteiger charge is -2.12. The van der Waals surface area contributed by atoms with Gasteiger partial charge in [-0.1, -0.05) is 17.7 Å². The van der Waals surface area contributed by atoms with E-state index in [-0.39, 0.29) is 5.82 Å². The molecule has 0 saturated heterocycles. The smallest absolute Gasteiger partial charge is 0.144 e. The molecule has 0 atom stereocenters. The molecule has 0 fully saturated rings. The number of benzene rings is 2. The maximum atomic E-state index is 13.2. The third-order valence-electron chi connectivity index (χ3n) is 2.74. The summed E-state index contributed by atoms with van der Waals surface area (Å²) < 4.78 is 19.7. The highest BCUT2D eigenvalue weighted by Gasteiger charge is 2.08. The second-order valence-corrected chi connectivity index (χ2v) is 5.18. The van der Waals surface area contributed by atoms with E-state index >= 15 is 0 Å². The van der Waals surface area contributed by atoms with Gasteiger partial charge in [0.25, 0.3) is 0 Å². The quantitative estimate of drug-likeness (QED) is 0.915. The highest BCUT2D eigenvalue weighted by atomic mass is 79.9. The van der Waals surface area contributed by atoms with Gasteiger partial charge in [0.15, 0.2) is 0 Å². The van der Waals surface area contributed by atoms with E-state index in [0.29, 0.717) is 22.5 Å². The van der Waals surface area contributed by atoms with Crippen molar-refractivity contribution < 1.29 is 9.13 Å². The predicted molar refractivity (Wildman–Crippen MR) is 78.1 cm³/mol. The lowest BCUT2D eigenvalue weighted by Crippen LogP contribution is -2.04. The van der Waals surface area contributed by atoms with Gasteiger partial charge in [0.1, 0.15) is 17.3 Å². The molecule has 0 radical (unpaired) electrons. The van der Waals surface area contributed by atoms with Crippen LogP contribution < -0.4 is 10.5 Å². The second-order valence-electron chi connectivity index (χ2n) is 4.33. The number of halogens is 2. The van der Waals surface area contributed by atoms with Gasteiger partial charge in [0, 0.05) is 6.07 Å². The molecule has 0 saturated carbocycles. The van der Waals surface area contributed by atoms with Crippen LogP contribution in [0.3, 0.4) is 0 Å². The average Bonchev–Trinajstić information content (AvgIpc) is 2.37. The largest absolute Gasteiger partial charge is 0.456 e. The highest BCUT2D eigenvalue weighted by Crippen LogP contribution is 2.32. The van der Waals surface area contributed by atoms with E-state index in [0.717, 1.165) is 17.5 Å². The van der Waals surface area contributed by atoms with Crippen molar-refractivity contribution in [3.63, 3.8) is 0 Å². The van der Waals surface area contributed by atoms with Gasteiger partial charge in [-0.25, -0.2) is 4.39 Å². The van der Waals surface area contributed by atoms with Crippen molar-refractivity contribution >= 4 is 15.9 Å². The second kappa shape index (κ2) is 6.17. The van der Waals surface area contributed by atoms with Crippen LogP contribution in [0.4, 0.5) is 4.39 Å². The molecule has 0 amide bonds. The average molecular weight is 324 g/mol. The molecule has 19 heavy (non-hydrogen) atoms. The first-order valence-electron chi connectivity index (χ1n) is 6.02. The van der Waals surface area contributed by atoms with E-state index in [4.69, 9.17) is 10.5 Å². The zero-order valence-electron chi connectivity index (χ0n) is 10.6. The molecule has 2 rings (SSSR count). The van der Waals surface area contributed by atoms with Gasteiger partial charge < -0.3 is 10.5 Å². The Kier molecular flexibility index (Phi) is 4.56. The molecule has 4 heteroatoms. The molecular formula is C15H15BrFNO. The molecule has 0 aromatic heterocycles.